The lowest BCUT2D eigenvalue weighted by Gasteiger charge is -2.09. The van der Waals surface area contributed by atoms with E-state index in [-0.39, 0.29) is 18.6 Å². The molecule has 2 fully saturated rings. The smallest absolute Gasteiger partial charge is 0.338 e. The van der Waals surface area contributed by atoms with E-state index in [1.54, 1.807) is 12.1 Å². The Balaban J connectivity index is 1.50. The fourth-order valence-electron chi connectivity index (χ4n) is 2.04. The maximum atomic E-state index is 11.9. The molecule has 0 unspecified atom stereocenters. The number of benzene rings is 1. The molecule has 1 N–H and O–H groups in total. The first-order valence-corrected chi connectivity index (χ1v) is 9.12. The summed E-state index contributed by atoms with van der Waals surface area (Å²) < 4.78 is 5.49. The molecule has 1 saturated carbocycles. The SMILES string of the molecule is O=C(COC(=O)c1ccc(C2SCCS2)cc1)NC1CC1. The third kappa shape index (κ3) is 4.17. The van der Waals surface area contributed by atoms with Gasteiger partial charge in [-0.05, 0) is 30.5 Å². The molecule has 1 aromatic rings. The Hall–Kier alpha value is -1.14. The Morgan fingerprint density at radius 1 is 1.14 bits per heavy atom. The second kappa shape index (κ2) is 6.75. The van der Waals surface area contributed by atoms with Gasteiger partial charge in [-0.3, -0.25) is 4.79 Å². The molecule has 2 aliphatic rings. The van der Waals surface area contributed by atoms with Crippen molar-refractivity contribution in [2.75, 3.05) is 18.1 Å². The lowest BCUT2D eigenvalue weighted by atomic mass is 10.1. The largest absolute Gasteiger partial charge is 0.452 e. The third-order valence-corrected chi connectivity index (χ3v) is 6.42. The Bertz CT molecular complexity index is 522. The molecule has 0 aromatic heterocycles. The van der Waals surface area contributed by atoms with Crippen molar-refractivity contribution in [3.05, 3.63) is 35.4 Å². The van der Waals surface area contributed by atoms with Gasteiger partial charge in [0.05, 0.1) is 10.1 Å². The number of hydrogen-bond donors (Lipinski definition) is 1. The summed E-state index contributed by atoms with van der Waals surface area (Å²) in [6.07, 6.45) is 2.05. The van der Waals surface area contributed by atoms with Crippen molar-refractivity contribution in [3.8, 4) is 0 Å². The van der Waals surface area contributed by atoms with Crippen molar-refractivity contribution < 1.29 is 14.3 Å². The number of hydrogen-bond acceptors (Lipinski definition) is 5. The Morgan fingerprint density at radius 2 is 1.81 bits per heavy atom. The molecule has 21 heavy (non-hydrogen) atoms. The fraction of sp³-hybridized carbons (Fsp3) is 0.467. The second-order valence-electron chi connectivity index (χ2n) is 5.11. The number of carbonyl (C=O) groups is 2. The monoisotopic (exact) mass is 323 g/mol. The molecule has 1 aliphatic carbocycles. The van der Waals surface area contributed by atoms with E-state index in [0.29, 0.717) is 10.1 Å². The summed E-state index contributed by atoms with van der Waals surface area (Å²) in [6, 6.07) is 7.77. The zero-order valence-electron chi connectivity index (χ0n) is 11.5. The molecule has 4 nitrogen and oxygen atoms in total. The first kappa shape index (κ1) is 14.8. The van der Waals surface area contributed by atoms with Gasteiger partial charge in [-0.2, -0.15) is 0 Å². The highest BCUT2D eigenvalue weighted by molar-refractivity contribution is 8.19. The molecule has 0 radical (unpaired) electrons. The zero-order chi connectivity index (χ0) is 14.7. The van der Waals surface area contributed by atoms with Gasteiger partial charge in [0.1, 0.15) is 0 Å². The fourth-order valence-corrected chi connectivity index (χ4v) is 4.90. The summed E-state index contributed by atoms with van der Waals surface area (Å²) in [4.78, 5) is 23.3. The summed E-state index contributed by atoms with van der Waals surface area (Å²) >= 11 is 3.86. The molecule has 112 valence electrons. The average molecular weight is 323 g/mol. The van der Waals surface area contributed by atoms with Crippen molar-refractivity contribution in [2.45, 2.75) is 23.5 Å². The first-order chi connectivity index (χ1) is 10.2. The van der Waals surface area contributed by atoms with Crippen molar-refractivity contribution in [2.24, 2.45) is 0 Å². The minimum absolute atomic E-state index is 0.203. The summed E-state index contributed by atoms with van der Waals surface area (Å²) in [6.45, 7) is -0.203. The zero-order valence-corrected chi connectivity index (χ0v) is 13.2. The molecule has 1 aliphatic heterocycles. The van der Waals surface area contributed by atoms with Crippen molar-refractivity contribution in [1.82, 2.24) is 5.32 Å². The van der Waals surface area contributed by atoms with Crippen LogP contribution in [0.5, 0.6) is 0 Å². The quantitative estimate of drug-likeness (QED) is 0.844. The summed E-state index contributed by atoms with van der Waals surface area (Å²) in [7, 11) is 0. The van der Waals surface area contributed by atoms with Gasteiger partial charge in [0, 0.05) is 17.5 Å². The van der Waals surface area contributed by atoms with Crippen LogP contribution in [-0.4, -0.2) is 36.0 Å². The maximum Gasteiger partial charge on any atom is 0.338 e. The Labute approximate surface area is 132 Å². The van der Waals surface area contributed by atoms with E-state index in [1.807, 2.05) is 35.7 Å². The predicted octanol–water partition coefficient (Wildman–Crippen LogP) is 2.60. The molecule has 6 heteroatoms. The van der Waals surface area contributed by atoms with Crippen LogP contribution >= 0.6 is 23.5 Å². The van der Waals surface area contributed by atoms with E-state index in [2.05, 4.69) is 5.32 Å². The van der Waals surface area contributed by atoms with Gasteiger partial charge in [0.15, 0.2) is 6.61 Å². The number of carbonyl (C=O) groups excluding carboxylic acids is 2. The summed E-state index contributed by atoms with van der Waals surface area (Å²) in [5.41, 5.74) is 1.72. The summed E-state index contributed by atoms with van der Waals surface area (Å²) in [5.74, 6) is 1.69. The minimum Gasteiger partial charge on any atom is -0.452 e. The van der Waals surface area contributed by atoms with Gasteiger partial charge in [-0.1, -0.05) is 12.1 Å². The van der Waals surface area contributed by atoms with Gasteiger partial charge in [-0.15, -0.1) is 23.5 Å². The van der Waals surface area contributed by atoms with Gasteiger partial charge in [0.25, 0.3) is 5.91 Å². The first-order valence-electron chi connectivity index (χ1n) is 7.02. The molecule has 0 atom stereocenters. The standard InChI is InChI=1S/C15H17NO3S2/c17-13(16-12-5-6-12)9-19-14(18)10-1-3-11(4-2-10)15-20-7-8-21-15/h1-4,12,15H,5-9H2,(H,16,17). The molecule has 0 bridgehead atoms. The van der Waals surface area contributed by atoms with Gasteiger partial charge < -0.3 is 10.1 Å². The van der Waals surface area contributed by atoms with Gasteiger partial charge >= 0.3 is 5.97 Å². The van der Waals surface area contributed by atoms with Crippen LogP contribution in [0, 0.1) is 0 Å². The van der Waals surface area contributed by atoms with E-state index >= 15 is 0 Å². The van der Waals surface area contributed by atoms with E-state index < -0.39 is 5.97 Å². The van der Waals surface area contributed by atoms with Crippen molar-refractivity contribution in [3.63, 3.8) is 0 Å². The number of nitrogens with one attached hydrogen (secondary N) is 1. The number of esters is 1. The average Bonchev–Trinajstić information content (AvgIpc) is 3.15. The van der Waals surface area contributed by atoms with Crippen molar-refractivity contribution in [1.29, 1.82) is 0 Å². The minimum atomic E-state index is -0.445. The van der Waals surface area contributed by atoms with E-state index in [9.17, 15) is 9.59 Å². The number of ether oxygens (including phenoxy) is 1. The molecule has 1 aromatic carbocycles. The van der Waals surface area contributed by atoms with E-state index in [0.717, 1.165) is 12.8 Å². The van der Waals surface area contributed by atoms with Crippen LogP contribution in [0.4, 0.5) is 0 Å². The topological polar surface area (TPSA) is 55.4 Å². The van der Waals surface area contributed by atoms with Crippen LogP contribution in [0.3, 0.4) is 0 Å². The predicted molar refractivity (Wildman–Crippen MR) is 85.5 cm³/mol. The van der Waals surface area contributed by atoms with E-state index in [4.69, 9.17) is 4.74 Å². The van der Waals surface area contributed by atoms with Crippen molar-refractivity contribution >= 4 is 35.4 Å². The van der Waals surface area contributed by atoms with Crippen LogP contribution < -0.4 is 5.32 Å². The second-order valence-corrected chi connectivity index (χ2v) is 7.84. The highest BCUT2D eigenvalue weighted by atomic mass is 32.2. The number of amides is 1. The molecule has 3 rings (SSSR count). The van der Waals surface area contributed by atoms with Crippen LogP contribution in [0.25, 0.3) is 0 Å². The van der Waals surface area contributed by atoms with Crippen LogP contribution in [0.1, 0.15) is 33.3 Å². The number of rotatable bonds is 5. The van der Waals surface area contributed by atoms with Crippen LogP contribution in [0.15, 0.2) is 24.3 Å². The lowest BCUT2D eigenvalue weighted by Crippen LogP contribution is -2.30. The lowest BCUT2D eigenvalue weighted by molar-refractivity contribution is -0.124. The van der Waals surface area contributed by atoms with Gasteiger partial charge in [-0.25, -0.2) is 4.79 Å². The molecule has 0 spiro atoms. The molecule has 1 saturated heterocycles. The molecular formula is C15H17NO3S2. The normalized spacial score (nSPS) is 18.5. The molecule has 1 amide bonds. The van der Waals surface area contributed by atoms with Crippen LogP contribution in [-0.2, 0) is 9.53 Å². The summed E-state index contributed by atoms with van der Waals surface area (Å²) in [5, 5.41) is 2.79. The maximum absolute atomic E-state index is 11.9. The Morgan fingerprint density at radius 3 is 2.43 bits per heavy atom. The number of thioether (sulfide) groups is 2. The molecule has 1 heterocycles. The Kier molecular flexibility index (Phi) is 4.75. The van der Waals surface area contributed by atoms with Crippen LogP contribution in [0.2, 0.25) is 0 Å². The highest BCUT2D eigenvalue weighted by Gasteiger charge is 2.24. The molecular weight excluding hydrogens is 306 g/mol. The van der Waals surface area contributed by atoms with Gasteiger partial charge in [0.2, 0.25) is 0 Å². The third-order valence-electron chi connectivity index (χ3n) is 3.32. The highest BCUT2D eigenvalue weighted by Crippen LogP contribution is 2.45. The van der Waals surface area contributed by atoms with E-state index in [1.165, 1.54) is 17.1 Å².